The van der Waals surface area contributed by atoms with Crippen molar-refractivity contribution in [3.63, 3.8) is 0 Å². The molecule has 0 spiro atoms. The van der Waals surface area contributed by atoms with Crippen LogP contribution in [-0.4, -0.2) is 29.8 Å². The Morgan fingerprint density at radius 2 is 2.00 bits per heavy atom. The van der Waals surface area contributed by atoms with E-state index >= 15 is 0 Å². The highest BCUT2D eigenvalue weighted by Crippen LogP contribution is 2.27. The molecule has 0 aromatic heterocycles. The summed E-state index contributed by atoms with van der Waals surface area (Å²) in [6.45, 7) is 5.42. The standard InChI is InChI=1S/C12H20ClNO4/c1-12(2,3)18-11(16)14-9-5-4-8(6-9)10(15)17-7-13/h8-9H,4-7H2,1-3H3,(H,14,16). The molecule has 1 amide bonds. The SMILES string of the molecule is CC(C)(C)OC(=O)NC1CCC(C(=O)OCCl)C1. The van der Waals surface area contributed by atoms with Gasteiger partial charge in [-0.25, -0.2) is 4.79 Å². The third kappa shape index (κ3) is 5.12. The largest absolute Gasteiger partial charge is 0.449 e. The molecule has 1 fully saturated rings. The molecule has 6 heteroatoms. The fourth-order valence-electron chi connectivity index (χ4n) is 1.97. The van der Waals surface area contributed by atoms with Gasteiger partial charge in [0, 0.05) is 6.04 Å². The van der Waals surface area contributed by atoms with E-state index in [0.29, 0.717) is 12.8 Å². The highest BCUT2D eigenvalue weighted by atomic mass is 35.5. The quantitative estimate of drug-likeness (QED) is 0.636. The first-order valence-corrected chi connectivity index (χ1v) is 6.57. The smallest absolute Gasteiger partial charge is 0.407 e. The van der Waals surface area contributed by atoms with Gasteiger partial charge in [-0.2, -0.15) is 0 Å². The first-order valence-electron chi connectivity index (χ1n) is 6.04. The Bertz CT molecular complexity index is 314. The Hall–Kier alpha value is -0.970. The van der Waals surface area contributed by atoms with Crippen molar-refractivity contribution in [2.75, 3.05) is 6.07 Å². The average molecular weight is 278 g/mol. The molecule has 0 aromatic rings. The predicted octanol–water partition coefficient (Wildman–Crippen LogP) is 2.42. The van der Waals surface area contributed by atoms with Crippen LogP contribution in [0, 0.1) is 5.92 Å². The number of carbonyl (C=O) groups is 2. The fraction of sp³-hybridized carbons (Fsp3) is 0.833. The molecule has 1 aliphatic rings. The van der Waals surface area contributed by atoms with Crippen LogP contribution in [0.1, 0.15) is 40.0 Å². The summed E-state index contributed by atoms with van der Waals surface area (Å²) in [6.07, 6.45) is 1.59. The van der Waals surface area contributed by atoms with Crippen LogP contribution in [-0.2, 0) is 14.3 Å². The van der Waals surface area contributed by atoms with Crippen LogP contribution in [0.4, 0.5) is 4.79 Å². The van der Waals surface area contributed by atoms with E-state index in [1.165, 1.54) is 0 Å². The molecule has 0 aliphatic heterocycles. The average Bonchev–Trinajstić information content (AvgIpc) is 2.63. The van der Waals surface area contributed by atoms with Crippen LogP contribution >= 0.6 is 11.6 Å². The number of alkyl carbamates (subject to hydrolysis) is 1. The van der Waals surface area contributed by atoms with E-state index in [1.54, 1.807) is 0 Å². The number of halogens is 1. The molecule has 1 rings (SSSR count). The van der Waals surface area contributed by atoms with Crippen molar-refractivity contribution in [2.24, 2.45) is 5.92 Å². The van der Waals surface area contributed by atoms with Crippen molar-refractivity contribution in [1.82, 2.24) is 5.32 Å². The summed E-state index contributed by atoms with van der Waals surface area (Å²) in [5.74, 6) is -0.470. The fourth-order valence-corrected chi connectivity index (χ4v) is 2.08. The van der Waals surface area contributed by atoms with Crippen molar-refractivity contribution in [3.05, 3.63) is 0 Å². The second-order valence-corrected chi connectivity index (χ2v) is 5.64. The topological polar surface area (TPSA) is 64.6 Å². The van der Waals surface area contributed by atoms with E-state index in [1.807, 2.05) is 20.8 Å². The Balaban J connectivity index is 2.34. The lowest BCUT2D eigenvalue weighted by molar-refractivity contribution is -0.146. The lowest BCUT2D eigenvalue weighted by Gasteiger charge is -2.21. The van der Waals surface area contributed by atoms with Gasteiger partial charge < -0.3 is 14.8 Å². The molecule has 0 aromatic carbocycles. The Kier molecular flexibility index (Phi) is 5.26. The number of hydrogen-bond acceptors (Lipinski definition) is 4. The van der Waals surface area contributed by atoms with Gasteiger partial charge >= 0.3 is 12.1 Å². The molecule has 1 saturated carbocycles. The van der Waals surface area contributed by atoms with Gasteiger partial charge in [0.15, 0.2) is 6.07 Å². The molecule has 0 radical (unpaired) electrons. The molecule has 104 valence electrons. The summed E-state index contributed by atoms with van der Waals surface area (Å²) in [7, 11) is 0. The minimum Gasteiger partial charge on any atom is -0.449 e. The second-order valence-electron chi connectivity index (χ2n) is 5.43. The predicted molar refractivity (Wildman–Crippen MR) is 67.3 cm³/mol. The molecular weight excluding hydrogens is 258 g/mol. The molecule has 0 saturated heterocycles. The van der Waals surface area contributed by atoms with E-state index in [-0.39, 0.29) is 24.0 Å². The number of alkyl halides is 1. The van der Waals surface area contributed by atoms with Gasteiger partial charge in [-0.1, -0.05) is 11.6 Å². The second kappa shape index (κ2) is 6.27. The maximum absolute atomic E-state index is 11.5. The maximum Gasteiger partial charge on any atom is 0.407 e. The van der Waals surface area contributed by atoms with E-state index in [9.17, 15) is 9.59 Å². The molecule has 0 bridgehead atoms. The number of amides is 1. The third-order valence-electron chi connectivity index (χ3n) is 2.68. The van der Waals surface area contributed by atoms with Gasteiger partial charge in [-0.3, -0.25) is 4.79 Å². The van der Waals surface area contributed by atoms with E-state index < -0.39 is 11.7 Å². The number of carbonyl (C=O) groups excluding carboxylic acids is 2. The summed E-state index contributed by atoms with van der Waals surface area (Å²) >= 11 is 5.34. The van der Waals surface area contributed by atoms with Crippen LogP contribution in [0.25, 0.3) is 0 Å². The summed E-state index contributed by atoms with van der Waals surface area (Å²) < 4.78 is 9.90. The van der Waals surface area contributed by atoms with Crippen LogP contribution in [0.15, 0.2) is 0 Å². The third-order valence-corrected chi connectivity index (χ3v) is 2.79. The lowest BCUT2D eigenvalue weighted by atomic mass is 10.1. The van der Waals surface area contributed by atoms with Crippen molar-refractivity contribution in [1.29, 1.82) is 0 Å². The molecule has 1 aliphatic carbocycles. The molecule has 0 heterocycles. The zero-order valence-corrected chi connectivity index (χ0v) is 11.8. The number of nitrogens with one attached hydrogen (secondary N) is 1. The Morgan fingerprint density at radius 1 is 1.33 bits per heavy atom. The van der Waals surface area contributed by atoms with E-state index in [0.717, 1.165) is 6.42 Å². The highest BCUT2D eigenvalue weighted by Gasteiger charge is 2.32. The van der Waals surface area contributed by atoms with Crippen LogP contribution < -0.4 is 5.32 Å². The normalized spacial score (nSPS) is 23.6. The van der Waals surface area contributed by atoms with Crippen LogP contribution in [0.2, 0.25) is 0 Å². The molecule has 1 N–H and O–H groups in total. The van der Waals surface area contributed by atoms with Crippen molar-refractivity contribution in [3.8, 4) is 0 Å². The summed E-state index contributed by atoms with van der Waals surface area (Å²) in [5.41, 5.74) is -0.514. The molecule has 2 unspecified atom stereocenters. The number of esters is 1. The summed E-state index contributed by atoms with van der Waals surface area (Å²) in [5, 5.41) is 2.76. The minimum absolute atomic E-state index is 0.0345. The number of ether oxygens (including phenoxy) is 2. The summed E-state index contributed by atoms with van der Waals surface area (Å²) in [6, 6.07) is -0.160. The van der Waals surface area contributed by atoms with Crippen LogP contribution in [0.5, 0.6) is 0 Å². The number of rotatable bonds is 3. The van der Waals surface area contributed by atoms with Crippen molar-refractivity contribution < 1.29 is 19.1 Å². The van der Waals surface area contributed by atoms with Crippen molar-refractivity contribution in [2.45, 2.75) is 51.7 Å². The molecule has 2 atom stereocenters. The van der Waals surface area contributed by atoms with Gasteiger partial charge in [0.05, 0.1) is 5.92 Å². The highest BCUT2D eigenvalue weighted by molar-refractivity contribution is 6.17. The van der Waals surface area contributed by atoms with Crippen molar-refractivity contribution >= 4 is 23.7 Å². The lowest BCUT2D eigenvalue weighted by Crippen LogP contribution is -2.38. The Morgan fingerprint density at radius 3 is 2.56 bits per heavy atom. The van der Waals surface area contributed by atoms with Gasteiger partial charge in [0.1, 0.15) is 5.60 Å². The zero-order chi connectivity index (χ0) is 13.8. The molecule has 5 nitrogen and oxygen atoms in total. The van der Waals surface area contributed by atoms with Gasteiger partial charge in [0.25, 0.3) is 0 Å². The maximum atomic E-state index is 11.5. The van der Waals surface area contributed by atoms with Gasteiger partial charge in [-0.05, 0) is 40.0 Å². The summed E-state index contributed by atoms with van der Waals surface area (Å²) in [4.78, 5) is 23.0. The first-order chi connectivity index (χ1) is 8.31. The van der Waals surface area contributed by atoms with E-state index in [2.05, 4.69) is 5.32 Å². The first kappa shape index (κ1) is 15.1. The van der Waals surface area contributed by atoms with E-state index in [4.69, 9.17) is 21.1 Å². The number of hydrogen-bond donors (Lipinski definition) is 1. The minimum atomic E-state index is -0.514. The monoisotopic (exact) mass is 277 g/mol. The van der Waals surface area contributed by atoms with Gasteiger partial charge in [0.2, 0.25) is 0 Å². The van der Waals surface area contributed by atoms with Crippen LogP contribution in [0.3, 0.4) is 0 Å². The molecular formula is C12H20ClNO4. The zero-order valence-electron chi connectivity index (χ0n) is 11.0. The van der Waals surface area contributed by atoms with Gasteiger partial charge in [-0.15, -0.1) is 0 Å². The Labute approximate surface area is 112 Å². The molecule has 18 heavy (non-hydrogen) atoms.